The first-order valence-corrected chi connectivity index (χ1v) is 3.52. The standard InChI is InChI=1S/C4H9Te/c1-4(2)3-5/h4-5H,1,3H2,2H3. The third kappa shape index (κ3) is 4.79. The second-order valence-corrected chi connectivity index (χ2v) is 2.33. The molecular formula is C4H9Te. The van der Waals surface area contributed by atoms with Gasteiger partial charge in [-0.25, -0.2) is 0 Å². The summed E-state index contributed by atoms with van der Waals surface area (Å²) in [6.45, 7) is 5.89. The van der Waals surface area contributed by atoms with Gasteiger partial charge in [0.2, 0.25) is 0 Å². The second-order valence-electron chi connectivity index (χ2n) is 1.29. The van der Waals surface area contributed by atoms with E-state index in [0.29, 0.717) is 5.92 Å². The molecule has 0 saturated carbocycles. The molecule has 0 fully saturated rings. The fraction of sp³-hybridized carbons (Fsp3) is 0.750. The van der Waals surface area contributed by atoms with Crippen LogP contribution in [0.5, 0.6) is 0 Å². The minimum atomic E-state index is 0.656. The van der Waals surface area contributed by atoms with Gasteiger partial charge in [0.15, 0.2) is 0 Å². The first kappa shape index (κ1) is 5.79. The van der Waals surface area contributed by atoms with Crippen LogP contribution in [-0.4, -0.2) is 22.3 Å². The molecule has 0 saturated heterocycles. The number of hydrogen-bond donors (Lipinski definition) is 0. The van der Waals surface area contributed by atoms with Gasteiger partial charge in [0.25, 0.3) is 0 Å². The second kappa shape index (κ2) is 3.00. The Balaban J connectivity index is 2.54. The predicted octanol–water partition coefficient (Wildman–Crippen LogP) is 0.776. The molecule has 0 nitrogen and oxygen atoms in total. The van der Waals surface area contributed by atoms with Gasteiger partial charge in [-0.1, -0.05) is 0 Å². The van der Waals surface area contributed by atoms with Gasteiger partial charge in [-0.2, -0.15) is 0 Å². The van der Waals surface area contributed by atoms with Crippen molar-refractivity contribution >= 4 is 22.3 Å². The molecule has 0 aliphatic heterocycles. The van der Waals surface area contributed by atoms with Crippen LogP contribution < -0.4 is 0 Å². The summed E-state index contributed by atoms with van der Waals surface area (Å²) in [6, 6.07) is 0. The predicted molar refractivity (Wildman–Crippen MR) is 26.5 cm³/mol. The molecule has 0 spiro atoms. The maximum atomic E-state index is 3.77. The zero-order chi connectivity index (χ0) is 4.28. The van der Waals surface area contributed by atoms with Crippen molar-refractivity contribution in [3.63, 3.8) is 0 Å². The van der Waals surface area contributed by atoms with Crippen LogP contribution in [0.1, 0.15) is 6.92 Å². The summed E-state index contributed by atoms with van der Waals surface area (Å²) in [4.78, 5) is 0. The summed E-state index contributed by atoms with van der Waals surface area (Å²) in [5.74, 6) is 0.656. The van der Waals surface area contributed by atoms with Crippen LogP contribution >= 0.6 is 0 Å². The van der Waals surface area contributed by atoms with E-state index in [9.17, 15) is 0 Å². The SMILES string of the molecule is [CH2]C(C)C[TeH]. The molecule has 1 unspecified atom stereocenters. The Hall–Kier alpha value is 0.790. The maximum absolute atomic E-state index is 3.77. The third-order valence-corrected chi connectivity index (χ3v) is 2.09. The van der Waals surface area contributed by atoms with E-state index in [0.717, 1.165) is 0 Å². The quantitative estimate of drug-likeness (QED) is 0.529. The van der Waals surface area contributed by atoms with Crippen molar-refractivity contribution in [1.82, 2.24) is 0 Å². The molecule has 5 heavy (non-hydrogen) atoms. The molecule has 0 heterocycles. The number of rotatable bonds is 1. The molecule has 0 aromatic heterocycles. The Morgan fingerprint density at radius 1 is 2.00 bits per heavy atom. The summed E-state index contributed by atoms with van der Waals surface area (Å²) in [5, 5.41) is 0. The van der Waals surface area contributed by atoms with Gasteiger partial charge in [0, 0.05) is 0 Å². The molecule has 31 valence electrons. The average Bonchev–Trinajstić information content (AvgIpc) is 1.38. The van der Waals surface area contributed by atoms with Crippen molar-refractivity contribution in [1.29, 1.82) is 0 Å². The molecular weight excluding hydrogens is 176 g/mol. The molecule has 0 N–H and O–H groups in total. The average molecular weight is 185 g/mol. The van der Waals surface area contributed by atoms with Crippen molar-refractivity contribution in [3.8, 4) is 0 Å². The van der Waals surface area contributed by atoms with Gasteiger partial charge >= 0.3 is 46.5 Å². The van der Waals surface area contributed by atoms with E-state index in [1.54, 1.807) is 0 Å². The van der Waals surface area contributed by atoms with Crippen molar-refractivity contribution in [2.45, 2.75) is 11.4 Å². The van der Waals surface area contributed by atoms with E-state index in [1.165, 1.54) is 4.47 Å². The van der Waals surface area contributed by atoms with E-state index in [4.69, 9.17) is 0 Å². The van der Waals surface area contributed by atoms with Gasteiger partial charge < -0.3 is 0 Å². The first-order valence-electron chi connectivity index (χ1n) is 1.71. The van der Waals surface area contributed by atoms with Crippen LogP contribution in [-0.2, 0) is 0 Å². The van der Waals surface area contributed by atoms with Gasteiger partial charge in [-0.3, -0.25) is 0 Å². The van der Waals surface area contributed by atoms with Gasteiger partial charge in [0.05, 0.1) is 0 Å². The van der Waals surface area contributed by atoms with E-state index >= 15 is 0 Å². The van der Waals surface area contributed by atoms with E-state index < -0.39 is 0 Å². The Morgan fingerprint density at radius 3 is 2.20 bits per heavy atom. The summed E-state index contributed by atoms with van der Waals surface area (Å²) in [5.41, 5.74) is 0. The third-order valence-electron chi connectivity index (χ3n) is 0.312. The molecule has 0 amide bonds. The van der Waals surface area contributed by atoms with E-state index in [1.807, 2.05) is 22.3 Å². The molecule has 0 aliphatic carbocycles. The summed E-state index contributed by atoms with van der Waals surface area (Å²) in [6.07, 6.45) is 0. The molecule has 0 bridgehead atoms. The van der Waals surface area contributed by atoms with Crippen LogP contribution in [0.4, 0.5) is 0 Å². The van der Waals surface area contributed by atoms with Crippen LogP contribution in [0, 0.1) is 12.8 Å². The van der Waals surface area contributed by atoms with Gasteiger partial charge in [0.1, 0.15) is 0 Å². The fourth-order valence-corrected chi connectivity index (χ4v) is 0. The Morgan fingerprint density at radius 2 is 2.20 bits per heavy atom. The monoisotopic (exact) mass is 187 g/mol. The Kier molecular flexibility index (Phi) is 3.47. The molecule has 0 rings (SSSR count). The van der Waals surface area contributed by atoms with Gasteiger partial charge in [-0.05, 0) is 0 Å². The van der Waals surface area contributed by atoms with Crippen LogP contribution in [0.3, 0.4) is 0 Å². The normalized spacial score (nSPS) is 9.60. The summed E-state index contributed by atoms with van der Waals surface area (Å²) < 4.78 is 1.24. The molecule has 0 aromatic carbocycles. The van der Waals surface area contributed by atoms with Crippen molar-refractivity contribution in [3.05, 3.63) is 6.92 Å². The zero-order valence-electron chi connectivity index (χ0n) is 3.44. The zero-order valence-corrected chi connectivity index (χ0v) is 5.99. The van der Waals surface area contributed by atoms with Crippen LogP contribution in [0.2, 0.25) is 4.47 Å². The van der Waals surface area contributed by atoms with E-state index in [2.05, 4.69) is 13.8 Å². The topological polar surface area (TPSA) is 0 Å². The Labute approximate surface area is 46.9 Å². The summed E-state index contributed by atoms with van der Waals surface area (Å²) in [7, 11) is 0. The molecule has 0 aromatic rings. The first-order chi connectivity index (χ1) is 2.27. The van der Waals surface area contributed by atoms with E-state index in [-0.39, 0.29) is 0 Å². The van der Waals surface area contributed by atoms with Gasteiger partial charge in [-0.15, -0.1) is 0 Å². The van der Waals surface area contributed by atoms with Crippen LogP contribution in [0.25, 0.3) is 0 Å². The molecule has 1 radical (unpaired) electrons. The van der Waals surface area contributed by atoms with Crippen molar-refractivity contribution < 1.29 is 0 Å². The van der Waals surface area contributed by atoms with Crippen molar-refractivity contribution in [2.24, 2.45) is 5.92 Å². The molecule has 1 heteroatoms. The number of hydrogen-bond acceptors (Lipinski definition) is 0. The fourth-order valence-electron chi connectivity index (χ4n) is 0. The Bertz CT molecular complexity index is 17.6. The van der Waals surface area contributed by atoms with Crippen LogP contribution in [0.15, 0.2) is 0 Å². The molecule has 1 atom stereocenters. The molecule has 0 aliphatic rings. The summed E-state index contributed by atoms with van der Waals surface area (Å²) >= 11 is 1.84. The minimum absolute atomic E-state index is 0.656. The van der Waals surface area contributed by atoms with Crippen molar-refractivity contribution in [2.75, 3.05) is 0 Å².